The zero-order chi connectivity index (χ0) is 31.0. The van der Waals surface area contributed by atoms with E-state index < -0.39 is 0 Å². The average molecular weight is 608 g/mol. The molecule has 45 heavy (non-hydrogen) atoms. The van der Waals surface area contributed by atoms with E-state index in [1.165, 1.54) is 13.3 Å². The van der Waals surface area contributed by atoms with Crippen molar-refractivity contribution in [2.24, 2.45) is 0 Å². The van der Waals surface area contributed by atoms with Gasteiger partial charge in [0.15, 0.2) is 0 Å². The highest BCUT2D eigenvalue weighted by Gasteiger charge is 2.32. The minimum absolute atomic E-state index is 0.0988. The molecular formula is C31H33N11O3. The number of methoxy groups -OCH3 is 1. The third-order valence-electron chi connectivity index (χ3n) is 7.79. The molecule has 14 heteroatoms. The van der Waals surface area contributed by atoms with E-state index >= 15 is 0 Å². The first kappa shape index (κ1) is 29.6. The van der Waals surface area contributed by atoms with Crippen molar-refractivity contribution in [2.45, 2.75) is 50.4 Å². The predicted octanol–water partition coefficient (Wildman–Crippen LogP) is 3.55. The topological polar surface area (TPSA) is 176 Å². The van der Waals surface area contributed by atoms with Crippen molar-refractivity contribution in [3.05, 3.63) is 72.4 Å². The molecule has 230 valence electrons. The Morgan fingerprint density at radius 3 is 2.24 bits per heavy atom. The smallest absolute Gasteiger partial charge is 0.324 e. The molecule has 2 fully saturated rings. The Balaban J connectivity index is 1.15. The molecule has 14 nitrogen and oxygen atoms in total. The van der Waals surface area contributed by atoms with Gasteiger partial charge in [-0.25, -0.2) is 29.7 Å². The Hall–Kier alpha value is -5.42. The van der Waals surface area contributed by atoms with Crippen LogP contribution in [0.3, 0.4) is 0 Å². The monoisotopic (exact) mass is 607 g/mol. The van der Waals surface area contributed by atoms with Crippen molar-refractivity contribution < 1.29 is 14.3 Å². The Labute approximate surface area is 260 Å². The van der Waals surface area contributed by atoms with Gasteiger partial charge in [0.1, 0.15) is 17.5 Å². The molecule has 1 aliphatic carbocycles. The second-order valence-corrected chi connectivity index (χ2v) is 10.8. The van der Waals surface area contributed by atoms with Gasteiger partial charge >= 0.3 is 12.0 Å². The van der Waals surface area contributed by atoms with Gasteiger partial charge in [0, 0.05) is 54.5 Å². The van der Waals surface area contributed by atoms with E-state index in [-0.39, 0.29) is 30.2 Å². The van der Waals surface area contributed by atoms with Gasteiger partial charge in [-0.2, -0.15) is 10.2 Å². The number of benzene rings is 1. The maximum Gasteiger partial charge on any atom is 0.324 e. The number of hydrogen-bond acceptors (Lipinski definition) is 12. The molecule has 0 atom stereocenters. The first-order valence-corrected chi connectivity index (χ1v) is 14.8. The maximum absolute atomic E-state index is 13.7. The van der Waals surface area contributed by atoms with Crippen LogP contribution in [-0.4, -0.2) is 74.4 Å². The zero-order valence-corrected chi connectivity index (χ0v) is 24.8. The summed E-state index contributed by atoms with van der Waals surface area (Å²) in [6.07, 6.45) is 11.1. The second kappa shape index (κ2) is 13.9. The molecule has 0 radical (unpaired) electrons. The Morgan fingerprint density at radius 2 is 1.62 bits per heavy atom. The summed E-state index contributed by atoms with van der Waals surface area (Å²) in [6, 6.07) is 12.0. The highest BCUT2D eigenvalue weighted by molar-refractivity contribution is 5.90. The lowest BCUT2D eigenvalue weighted by atomic mass is 9.90. The number of anilines is 3. The molecule has 2 amide bonds. The van der Waals surface area contributed by atoms with Crippen molar-refractivity contribution in [1.82, 2.24) is 35.2 Å². The standard InChI is InChI=1S/C31H33N11O3/c1-44-30-36-16-23(17-37-30)22-14-34-29(35-15-22)42(31(43)38-12-20-5-3-2-4-6-20)26-9-7-24(8-10-26)40-28-33-13-21(11-32)27(41-28)39-25-18-45-19-25/h2-6,13-17,24-26H,7-10,12,18-19H2,1H3,(H,38,43)(H2,33,39,40,41). The third kappa shape index (κ3) is 7.22. The fourth-order valence-corrected chi connectivity index (χ4v) is 5.26. The van der Waals surface area contributed by atoms with E-state index in [2.05, 4.69) is 51.9 Å². The Morgan fingerprint density at radius 1 is 0.933 bits per heavy atom. The van der Waals surface area contributed by atoms with Crippen LogP contribution in [0.2, 0.25) is 0 Å². The van der Waals surface area contributed by atoms with E-state index in [0.29, 0.717) is 55.9 Å². The summed E-state index contributed by atoms with van der Waals surface area (Å²) >= 11 is 0. The number of nitrogens with one attached hydrogen (secondary N) is 3. The number of nitriles is 1. The summed E-state index contributed by atoms with van der Waals surface area (Å²) in [5.41, 5.74) is 2.84. The van der Waals surface area contributed by atoms with E-state index in [1.807, 2.05) is 30.3 Å². The number of amides is 2. The van der Waals surface area contributed by atoms with E-state index in [1.54, 1.807) is 29.7 Å². The molecule has 0 unspecified atom stereocenters. The largest absolute Gasteiger partial charge is 0.467 e. The van der Waals surface area contributed by atoms with Gasteiger partial charge in [-0.05, 0) is 31.2 Å². The summed E-state index contributed by atoms with van der Waals surface area (Å²) in [5, 5.41) is 19.2. The van der Waals surface area contributed by atoms with Crippen molar-refractivity contribution in [2.75, 3.05) is 35.9 Å². The summed E-state index contributed by atoms with van der Waals surface area (Å²) < 4.78 is 10.3. The van der Waals surface area contributed by atoms with Gasteiger partial charge in [-0.15, -0.1) is 0 Å². The van der Waals surface area contributed by atoms with Crippen LogP contribution in [0.1, 0.15) is 36.8 Å². The number of ether oxygens (including phenoxy) is 2. The fourth-order valence-electron chi connectivity index (χ4n) is 5.26. The molecule has 3 N–H and O–H groups in total. The number of carbonyl (C=O) groups is 1. The van der Waals surface area contributed by atoms with Gasteiger partial charge in [0.2, 0.25) is 11.9 Å². The lowest BCUT2D eigenvalue weighted by molar-refractivity contribution is 0.0209. The van der Waals surface area contributed by atoms with Crippen LogP contribution in [0.5, 0.6) is 6.01 Å². The van der Waals surface area contributed by atoms with Crippen LogP contribution in [0, 0.1) is 11.3 Å². The Bertz CT molecular complexity index is 1620. The minimum Gasteiger partial charge on any atom is -0.467 e. The summed E-state index contributed by atoms with van der Waals surface area (Å²) in [5.74, 6) is 1.28. The summed E-state index contributed by atoms with van der Waals surface area (Å²) in [7, 11) is 1.51. The van der Waals surface area contributed by atoms with Crippen LogP contribution in [0.25, 0.3) is 11.1 Å². The van der Waals surface area contributed by atoms with Crippen molar-refractivity contribution in [3.63, 3.8) is 0 Å². The van der Waals surface area contributed by atoms with Crippen LogP contribution in [0.15, 0.2) is 61.3 Å². The lowest BCUT2D eigenvalue weighted by Crippen LogP contribution is -2.49. The molecule has 3 aromatic heterocycles. The number of hydrogen-bond donors (Lipinski definition) is 3. The quantitative estimate of drug-likeness (QED) is 0.239. The van der Waals surface area contributed by atoms with Gasteiger partial charge in [-0.1, -0.05) is 30.3 Å². The summed E-state index contributed by atoms with van der Waals surface area (Å²) in [4.78, 5) is 41.7. The molecule has 6 rings (SSSR count). The Kier molecular flexibility index (Phi) is 9.16. The fraction of sp³-hybridized carbons (Fsp3) is 0.355. The van der Waals surface area contributed by atoms with Crippen LogP contribution >= 0.6 is 0 Å². The zero-order valence-electron chi connectivity index (χ0n) is 24.8. The minimum atomic E-state index is -0.262. The van der Waals surface area contributed by atoms with Crippen molar-refractivity contribution in [1.29, 1.82) is 5.26 Å². The molecule has 1 aliphatic heterocycles. The number of carbonyl (C=O) groups excluding carboxylic acids is 1. The molecule has 1 saturated heterocycles. The lowest BCUT2D eigenvalue weighted by Gasteiger charge is -2.36. The first-order valence-electron chi connectivity index (χ1n) is 14.8. The second-order valence-electron chi connectivity index (χ2n) is 10.8. The highest BCUT2D eigenvalue weighted by atomic mass is 16.5. The normalized spacial score (nSPS) is 17.8. The van der Waals surface area contributed by atoms with Crippen LogP contribution in [-0.2, 0) is 11.3 Å². The number of aromatic nitrogens is 6. The van der Waals surface area contributed by atoms with Gasteiger partial charge < -0.3 is 25.4 Å². The summed E-state index contributed by atoms with van der Waals surface area (Å²) in [6.45, 7) is 1.55. The van der Waals surface area contributed by atoms with E-state index in [9.17, 15) is 10.1 Å². The number of rotatable bonds is 10. The van der Waals surface area contributed by atoms with Gasteiger partial charge in [-0.3, -0.25) is 4.90 Å². The molecule has 4 aromatic rings. The van der Waals surface area contributed by atoms with Gasteiger partial charge in [0.05, 0.1) is 32.6 Å². The number of nitrogens with zero attached hydrogens (tertiary/aromatic N) is 8. The maximum atomic E-state index is 13.7. The van der Waals surface area contributed by atoms with E-state index in [4.69, 9.17) is 9.47 Å². The average Bonchev–Trinajstić information content (AvgIpc) is 3.07. The predicted molar refractivity (Wildman–Crippen MR) is 165 cm³/mol. The number of urea groups is 1. The van der Waals surface area contributed by atoms with Gasteiger partial charge in [0.25, 0.3) is 0 Å². The van der Waals surface area contributed by atoms with Crippen LogP contribution < -0.4 is 25.6 Å². The molecule has 0 bridgehead atoms. The van der Waals surface area contributed by atoms with Crippen molar-refractivity contribution >= 4 is 23.7 Å². The molecular weight excluding hydrogens is 574 g/mol. The molecule has 1 aromatic carbocycles. The molecule has 1 saturated carbocycles. The SMILES string of the molecule is COc1ncc(-c2cnc(N(C(=O)NCc3ccccc3)C3CCC(Nc4ncc(C#N)c(NC5COC5)n4)CC3)nc2)cn1. The highest BCUT2D eigenvalue weighted by Crippen LogP contribution is 2.29. The molecule has 2 aliphatic rings. The first-order chi connectivity index (χ1) is 22.1. The molecule has 0 spiro atoms. The molecule has 4 heterocycles. The van der Waals surface area contributed by atoms with E-state index in [0.717, 1.165) is 29.5 Å². The third-order valence-corrected chi connectivity index (χ3v) is 7.79. The van der Waals surface area contributed by atoms with Crippen molar-refractivity contribution in [3.8, 4) is 23.2 Å². The van der Waals surface area contributed by atoms with Crippen LogP contribution in [0.4, 0.5) is 22.5 Å².